The molecule has 0 aromatic heterocycles. The van der Waals surface area contributed by atoms with E-state index in [0.717, 1.165) is 5.30 Å². The first kappa shape index (κ1) is 21.1. The summed E-state index contributed by atoms with van der Waals surface area (Å²) in [6.45, 7) is 0. The Morgan fingerprint density at radius 2 is 0.750 bits per heavy atom. The van der Waals surface area contributed by atoms with Crippen LogP contribution in [0.15, 0.2) is 109 Å². The van der Waals surface area contributed by atoms with Crippen LogP contribution in [0.3, 0.4) is 0 Å². The molecule has 0 fully saturated rings. The largest absolute Gasteiger partial charge is 0.114 e. The molecule has 0 amide bonds. The minimum absolute atomic E-state index is 0. The van der Waals surface area contributed by atoms with Gasteiger partial charge in [-0.15, -0.1) is 17.0 Å². The highest BCUT2D eigenvalue weighted by atomic mass is 79.9. The van der Waals surface area contributed by atoms with E-state index in [1.54, 1.807) is 6.07 Å². The van der Waals surface area contributed by atoms with Gasteiger partial charge in [-0.3, -0.25) is 0 Å². The van der Waals surface area contributed by atoms with Gasteiger partial charge >= 0.3 is 0 Å². The third-order valence-electron chi connectivity index (χ3n) is 4.67. The Hall–Kier alpha value is -1.63. The van der Waals surface area contributed by atoms with Crippen molar-refractivity contribution in [2.45, 2.75) is 0 Å². The average molecular weight is 489 g/mol. The molecule has 0 saturated heterocycles. The molecule has 4 aromatic carbocycles. The minimum Gasteiger partial charge on any atom is -0.114 e. The van der Waals surface area contributed by atoms with Crippen molar-refractivity contribution < 1.29 is 0 Å². The monoisotopic (exact) mass is 487 g/mol. The highest BCUT2D eigenvalue weighted by Gasteiger charge is 2.36. The maximum Gasteiger partial charge on any atom is 0.0427 e. The molecule has 0 aliphatic heterocycles. The fourth-order valence-electron chi connectivity index (χ4n) is 3.58. The molecule has 4 aromatic rings. The molecule has 0 unspecified atom stereocenters. The van der Waals surface area contributed by atoms with Crippen molar-refractivity contribution in [3.63, 3.8) is 0 Å². The molecule has 0 bridgehead atoms. The molecule has 4 rings (SSSR count). The summed E-state index contributed by atoms with van der Waals surface area (Å²) in [5.41, 5.74) is 0. The molecular formula is C24H19BrCl2P. The van der Waals surface area contributed by atoms with E-state index in [1.165, 1.54) is 15.9 Å². The molecule has 4 heteroatoms. The lowest BCUT2D eigenvalue weighted by Crippen LogP contribution is -2.38. The summed E-state index contributed by atoms with van der Waals surface area (Å²) in [5, 5.41) is 6.31. The summed E-state index contributed by atoms with van der Waals surface area (Å²) in [6.07, 6.45) is 0. The SMILES string of the molecule is Br.Clc1cc(Cl)cc([P](c2ccccc2)(c2ccccc2)c2ccccc2)c1. The van der Waals surface area contributed by atoms with Crippen LogP contribution < -0.4 is 21.2 Å². The quantitative estimate of drug-likeness (QED) is 0.300. The molecular weight excluding hydrogens is 470 g/mol. The van der Waals surface area contributed by atoms with Gasteiger partial charge in [-0.1, -0.05) is 114 Å². The molecule has 0 atom stereocenters. The lowest BCUT2D eigenvalue weighted by atomic mass is 10.3. The molecule has 0 aliphatic carbocycles. The van der Waals surface area contributed by atoms with Gasteiger partial charge in [0.15, 0.2) is 0 Å². The van der Waals surface area contributed by atoms with Gasteiger partial charge in [0.1, 0.15) is 0 Å². The van der Waals surface area contributed by atoms with Gasteiger partial charge in [-0.2, -0.15) is 0 Å². The fraction of sp³-hybridized carbons (Fsp3) is 0. The predicted octanol–water partition coefficient (Wildman–Crippen LogP) is 6.19. The van der Waals surface area contributed by atoms with Crippen LogP contribution in [0.25, 0.3) is 0 Å². The highest BCUT2D eigenvalue weighted by molar-refractivity contribution is 8.93. The Morgan fingerprint density at radius 1 is 0.429 bits per heavy atom. The highest BCUT2D eigenvalue weighted by Crippen LogP contribution is 2.54. The average Bonchev–Trinajstić information content (AvgIpc) is 2.70. The molecule has 0 nitrogen and oxygen atoms in total. The Labute approximate surface area is 187 Å². The van der Waals surface area contributed by atoms with Gasteiger partial charge in [-0.25, -0.2) is 0 Å². The smallest absolute Gasteiger partial charge is 0.0427 e. The first-order valence-corrected chi connectivity index (χ1v) is 11.3. The van der Waals surface area contributed by atoms with Crippen molar-refractivity contribution >= 4 is 68.7 Å². The van der Waals surface area contributed by atoms with E-state index < -0.39 is 7.26 Å². The van der Waals surface area contributed by atoms with Gasteiger partial charge < -0.3 is 0 Å². The first-order chi connectivity index (χ1) is 13.2. The van der Waals surface area contributed by atoms with Crippen LogP contribution in [-0.2, 0) is 0 Å². The molecule has 0 aliphatic rings. The second-order valence-corrected chi connectivity index (χ2v) is 10.6. The third-order valence-corrected chi connectivity index (χ3v) is 9.35. The number of hydrogen-bond acceptors (Lipinski definition) is 0. The van der Waals surface area contributed by atoms with Crippen molar-refractivity contribution in [1.29, 1.82) is 0 Å². The second kappa shape index (κ2) is 9.25. The van der Waals surface area contributed by atoms with Crippen molar-refractivity contribution in [2.75, 3.05) is 0 Å². The Balaban J connectivity index is 0.00000225. The summed E-state index contributed by atoms with van der Waals surface area (Å²) in [7, 11) is -2.13. The van der Waals surface area contributed by atoms with Crippen LogP contribution >= 0.6 is 47.4 Å². The standard InChI is InChI=1S/C24H18Cl2P.BrH/c25-19-16-20(26)18-24(17-19)27(21-10-4-1-5-11-21,22-12-6-2-7-13-22)23-14-8-3-9-15-23;/h1-18H;1H. The van der Waals surface area contributed by atoms with E-state index in [2.05, 4.69) is 103 Å². The maximum absolute atomic E-state index is 6.45. The zero-order valence-electron chi connectivity index (χ0n) is 15.0. The molecule has 1 radical (unpaired) electrons. The second-order valence-electron chi connectivity index (χ2n) is 6.31. The van der Waals surface area contributed by atoms with E-state index >= 15 is 0 Å². The van der Waals surface area contributed by atoms with Gasteiger partial charge in [0, 0.05) is 10.0 Å². The predicted molar refractivity (Wildman–Crippen MR) is 132 cm³/mol. The van der Waals surface area contributed by atoms with E-state index in [0.29, 0.717) is 10.0 Å². The summed E-state index contributed by atoms with van der Waals surface area (Å²) >= 11 is 12.9. The van der Waals surface area contributed by atoms with E-state index in [1.807, 2.05) is 0 Å². The fourth-order valence-corrected chi connectivity index (χ4v) is 8.57. The van der Waals surface area contributed by atoms with Crippen molar-refractivity contribution in [1.82, 2.24) is 0 Å². The summed E-state index contributed by atoms with van der Waals surface area (Å²) in [6, 6.07) is 37.9. The van der Waals surface area contributed by atoms with Crippen LogP contribution in [0, 0.1) is 0 Å². The third kappa shape index (κ3) is 3.91. The molecule has 0 saturated carbocycles. The Morgan fingerprint density at radius 3 is 1.07 bits per heavy atom. The van der Waals surface area contributed by atoms with Crippen LogP contribution in [-0.4, -0.2) is 0 Å². The molecule has 0 N–H and O–H groups in total. The van der Waals surface area contributed by atoms with Gasteiger partial charge in [-0.05, 0) is 46.7 Å². The number of halogens is 3. The Kier molecular flexibility index (Phi) is 6.96. The molecule has 28 heavy (non-hydrogen) atoms. The number of rotatable bonds is 4. The van der Waals surface area contributed by atoms with Crippen LogP contribution in [0.5, 0.6) is 0 Å². The topological polar surface area (TPSA) is 0 Å². The maximum atomic E-state index is 6.45. The van der Waals surface area contributed by atoms with Gasteiger partial charge in [0.2, 0.25) is 0 Å². The van der Waals surface area contributed by atoms with Crippen molar-refractivity contribution in [3.8, 4) is 0 Å². The lowest BCUT2D eigenvalue weighted by molar-refractivity contribution is 1.70. The van der Waals surface area contributed by atoms with Crippen LogP contribution in [0.1, 0.15) is 0 Å². The van der Waals surface area contributed by atoms with Crippen molar-refractivity contribution in [2.24, 2.45) is 0 Å². The van der Waals surface area contributed by atoms with Crippen molar-refractivity contribution in [3.05, 3.63) is 119 Å². The zero-order chi connectivity index (χ0) is 18.7. The van der Waals surface area contributed by atoms with Gasteiger partial charge in [0.25, 0.3) is 0 Å². The molecule has 141 valence electrons. The first-order valence-electron chi connectivity index (χ1n) is 8.74. The summed E-state index contributed by atoms with van der Waals surface area (Å²) in [5.74, 6) is 0. The zero-order valence-corrected chi connectivity index (χ0v) is 19.1. The minimum atomic E-state index is -2.13. The van der Waals surface area contributed by atoms with E-state index in [-0.39, 0.29) is 17.0 Å². The van der Waals surface area contributed by atoms with Crippen LogP contribution in [0.2, 0.25) is 10.0 Å². The van der Waals surface area contributed by atoms with E-state index in [9.17, 15) is 0 Å². The number of benzene rings is 4. The van der Waals surface area contributed by atoms with Gasteiger partial charge in [0.05, 0.1) is 0 Å². The summed E-state index contributed by atoms with van der Waals surface area (Å²) in [4.78, 5) is 0. The van der Waals surface area contributed by atoms with E-state index in [4.69, 9.17) is 23.2 Å². The Bertz CT molecular complexity index is 921. The summed E-state index contributed by atoms with van der Waals surface area (Å²) < 4.78 is 0. The lowest BCUT2D eigenvalue weighted by Gasteiger charge is -2.39. The molecule has 0 heterocycles. The number of hydrogen-bond donors (Lipinski definition) is 0. The molecule has 0 spiro atoms. The van der Waals surface area contributed by atoms with Crippen LogP contribution in [0.4, 0.5) is 0 Å². The normalized spacial score (nSPS) is 10.9.